The van der Waals surface area contributed by atoms with Crippen molar-refractivity contribution in [2.75, 3.05) is 0 Å². The summed E-state index contributed by atoms with van der Waals surface area (Å²) < 4.78 is 18.8. The number of amides is 1. The van der Waals surface area contributed by atoms with E-state index in [1.54, 1.807) is 18.2 Å². The molecule has 31 heavy (non-hydrogen) atoms. The lowest BCUT2D eigenvalue weighted by atomic mass is 10.2. The molecule has 0 radical (unpaired) electrons. The van der Waals surface area contributed by atoms with Crippen LogP contribution in [-0.2, 0) is 11.4 Å². The van der Waals surface area contributed by atoms with E-state index in [1.807, 2.05) is 30.3 Å². The Morgan fingerprint density at radius 1 is 1.03 bits per heavy atom. The fraction of sp³-hybridized carbons (Fsp3) is 0.0435. The lowest BCUT2D eigenvalue weighted by Crippen LogP contribution is -2.19. The van der Waals surface area contributed by atoms with E-state index in [-0.39, 0.29) is 11.7 Å². The van der Waals surface area contributed by atoms with Crippen molar-refractivity contribution in [3.8, 4) is 5.75 Å². The number of nitrogens with zero attached hydrogens (tertiary/aromatic N) is 1. The number of rotatable bonds is 5. The van der Waals surface area contributed by atoms with Crippen LogP contribution in [0.2, 0.25) is 10.0 Å². The van der Waals surface area contributed by atoms with E-state index in [2.05, 4.69) is 10.3 Å². The second-order valence-corrected chi connectivity index (χ2v) is 8.39. The Bertz CT molecular complexity index is 1160. The van der Waals surface area contributed by atoms with Gasteiger partial charge in [0.1, 0.15) is 12.4 Å². The third-order valence-electron chi connectivity index (χ3n) is 4.25. The van der Waals surface area contributed by atoms with E-state index in [1.165, 1.54) is 36.0 Å². The van der Waals surface area contributed by atoms with Crippen LogP contribution in [-0.4, -0.2) is 11.1 Å². The largest absolute Gasteiger partial charge is 0.486 e. The Kier molecular flexibility index (Phi) is 6.61. The highest BCUT2D eigenvalue weighted by Crippen LogP contribution is 2.36. The normalized spacial score (nSPS) is 16.0. The first-order valence-corrected chi connectivity index (χ1v) is 10.8. The number of ether oxygens (including phenoxy) is 1. The molecule has 8 heteroatoms. The van der Waals surface area contributed by atoms with Crippen LogP contribution < -0.4 is 10.1 Å². The Balaban J connectivity index is 1.50. The van der Waals surface area contributed by atoms with E-state index in [9.17, 15) is 9.18 Å². The first-order chi connectivity index (χ1) is 15.0. The van der Waals surface area contributed by atoms with Crippen LogP contribution in [0.1, 0.15) is 11.1 Å². The Labute approximate surface area is 192 Å². The van der Waals surface area contributed by atoms with Gasteiger partial charge in [-0.1, -0.05) is 53.5 Å². The SMILES string of the molecule is O=C1NC(=Nc2ccc(F)cc2)S/C1=C/c1cc(Cl)c(OCc2ccccc2)c(Cl)c1. The van der Waals surface area contributed by atoms with Gasteiger partial charge in [0.05, 0.1) is 20.6 Å². The fourth-order valence-corrected chi connectivity index (χ4v) is 4.25. The molecular formula is C23H15Cl2FN2O2S. The summed E-state index contributed by atoms with van der Waals surface area (Å²) in [6, 6.07) is 18.7. The van der Waals surface area contributed by atoms with Crippen molar-refractivity contribution in [2.24, 2.45) is 4.99 Å². The molecule has 0 spiro atoms. The van der Waals surface area contributed by atoms with Gasteiger partial charge in [-0.05, 0) is 65.4 Å². The second-order valence-electron chi connectivity index (χ2n) is 6.55. The fourth-order valence-electron chi connectivity index (χ4n) is 2.80. The molecule has 3 aromatic rings. The van der Waals surface area contributed by atoms with Crippen LogP contribution in [0.3, 0.4) is 0 Å². The third kappa shape index (κ3) is 5.47. The zero-order valence-electron chi connectivity index (χ0n) is 15.9. The first kappa shape index (κ1) is 21.4. The molecule has 1 N–H and O–H groups in total. The van der Waals surface area contributed by atoms with Gasteiger partial charge >= 0.3 is 0 Å². The molecule has 1 heterocycles. The minimum absolute atomic E-state index is 0.289. The van der Waals surface area contributed by atoms with Crippen molar-refractivity contribution in [1.29, 1.82) is 0 Å². The first-order valence-electron chi connectivity index (χ1n) is 9.19. The molecule has 0 aromatic heterocycles. The minimum Gasteiger partial charge on any atom is -0.486 e. The van der Waals surface area contributed by atoms with Gasteiger partial charge in [-0.25, -0.2) is 9.38 Å². The molecule has 1 saturated heterocycles. The molecule has 0 aliphatic carbocycles. The van der Waals surface area contributed by atoms with Crippen LogP contribution in [0.15, 0.2) is 76.6 Å². The highest BCUT2D eigenvalue weighted by atomic mass is 35.5. The standard InChI is InChI=1S/C23H15Cl2FN2O2S/c24-18-10-15(11-19(25)21(18)30-13-14-4-2-1-3-5-14)12-20-22(29)28-23(31-20)27-17-8-6-16(26)7-9-17/h1-12H,13H2,(H,27,28,29)/b20-12+. The van der Waals surface area contributed by atoms with Crippen molar-refractivity contribution in [3.63, 3.8) is 0 Å². The van der Waals surface area contributed by atoms with E-state index in [0.717, 1.165) is 5.56 Å². The van der Waals surface area contributed by atoms with Crippen LogP contribution in [0, 0.1) is 5.82 Å². The number of halogens is 3. The Hall–Kier alpha value is -2.80. The number of aliphatic imine (C=N–C) groups is 1. The van der Waals surface area contributed by atoms with E-state index >= 15 is 0 Å². The summed E-state index contributed by atoms with van der Waals surface area (Å²) in [5, 5.41) is 3.79. The smallest absolute Gasteiger partial charge is 0.264 e. The predicted octanol–water partition coefficient (Wildman–Crippen LogP) is 6.60. The van der Waals surface area contributed by atoms with Crippen molar-refractivity contribution in [1.82, 2.24) is 5.32 Å². The van der Waals surface area contributed by atoms with Crippen molar-refractivity contribution < 1.29 is 13.9 Å². The number of nitrogens with one attached hydrogen (secondary N) is 1. The molecule has 0 saturated carbocycles. The summed E-state index contributed by atoms with van der Waals surface area (Å²) in [5.74, 6) is -0.253. The second kappa shape index (κ2) is 9.56. The molecule has 1 aliphatic rings. The number of hydrogen-bond acceptors (Lipinski definition) is 4. The van der Waals surface area contributed by atoms with Crippen LogP contribution in [0.4, 0.5) is 10.1 Å². The van der Waals surface area contributed by atoms with Gasteiger partial charge in [0.25, 0.3) is 5.91 Å². The van der Waals surface area contributed by atoms with Gasteiger partial charge in [-0.3, -0.25) is 4.79 Å². The van der Waals surface area contributed by atoms with Gasteiger partial charge in [0, 0.05) is 0 Å². The third-order valence-corrected chi connectivity index (χ3v) is 5.72. The average molecular weight is 473 g/mol. The molecule has 0 unspecified atom stereocenters. The van der Waals surface area contributed by atoms with E-state index in [4.69, 9.17) is 27.9 Å². The zero-order valence-corrected chi connectivity index (χ0v) is 18.3. The molecule has 4 nitrogen and oxygen atoms in total. The maximum Gasteiger partial charge on any atom is 0.264 e. The summed E-state index contributed by atoms with van der Waals surface area (Å²) in [4.78, 5) is 17.0. The molecule has 1 amide bonds. The van der Waals surface area contributed by atoms with Crippen molar-refractivity contribution in [2.45, 2.75) is 6.61 Å². The molecule has 1 aliphatic heterocycles. The molecular weight excluding hydrogens is 458 g/mol. The predicted molar refractivity (Wildman–Crippen MR) is 124 cm³/mol. The Morgan fingerprint density at radius 2 is 1.71 bits per heavy atom. The topological polar surface area (TPSA) is 50.7 Å². The highest BCUT2D eigenvalue weighted by Gasteiger charge is 2.24. The molecule has 1 fully saturated rings. The number of amidine groups is 1. The van der Waals surface area contributed by atoms with E-state index < -0.39 is 0 Å². The van der Waals surface area contributed by atoms with Gasteiger partial charge in [-0.15, -0.1) is 0 Å². The summed E-state index contributed by atoms with van der Waals surface area (Å²) >= 11 is 13.9. The Morgan fingerprint density at radius 3 is 2.39 bits per heavy atom. The monoisotopic (exact) mass is 472 g/mol. The van der Waals surface area contributed by atoms with Gasteiger partial charge in [0.2, 0.25) is 0 Å². The summed E-state index contributed by atoms with van der Waals surface area (Å²) in [6.07, 6.45) is 1.67. The van der Waals surface area contributed by atoms with Crippen LogP contribution in [0.25, 0.3) is 6.08 Å². The molecule has 0 atom stereocenters. The molecule has 0 bridgehead atoms. The number of carbonyl (C=O) groups is 1. The summed E-state index contributed by atoms with van der Waals surface area (Å²) in [5.41, 5.74) is 2.19. The van der Waals surface area contributed by atoms with Crippen molar-refractivity contribution >= 4 is 57.8 Å². The average Bonchev–Trinajstić information content (AvgIpc) is 3.08. The van der Waals surface area contributed by atoms with Crippen LogP contribution in [0.5, 0.6) is 5.75 Å². The highest BCUT2D eigenvalue weighted by molar-refractivity contribution is 8.18. The molecule has 4 rings (SSSR count). The van der Waals surface area contributed by atoms with Gasteiger partial charge in [-0.2, -0.15) is 0 Å². The number of benzene rings is 3. The quantitative estimate of drug-likeness (QED) is 0.425. The summed E-state index contributed by atoms with van der Waals surface area (Å²) in [7, 11) is 0. The number of carbonyl (C=O) groups excluding carboxylic acids is 1. The maximum absolute atomic E-state index is 13.0. The molecule has 156 valence electrons. The van der Waals surface area contributed by atoms with Crippen molar-refractivity contribution in [3.05, 3.63) is 98.6 Å². The van der Waals surface area contributed by atoms with Gasteiger partial charge in [0.15, 0.2) is 10.9 Å². The van der Waals surface area contributed by atoms with E-state index in [0.29, 0.717) is 43.7 Å². The molecule has 3 aromatic carbocycles. The zero-order chi connectivity index (χ0) is 21.8. The minimum atomic E-state index is -0.349. The maximum atomic E-state index is 13.0. The number of hydrogen-bond donors (Lipinski definition) is 1. The van der Waals surface area contributed by atoms with Crippen LogP contribution >= 0.6 is 35.0 Å². The van der Waals surface area contributed by atoms with Gasteiger partial charge < -0.3 is 10.1 Å². The lowest BCUT2D eigenvalue weighted by molar-refractivity contribution is -0.115. The summed E-state index contributed by atoms with van der Waals surface area (Å²) in [6.45, 7) is 0.335. The number of thioether (sulfide) groups is 1. The lowest BCUT2D eigenvalue weighted by Gasteiger charge is -2.11.